The first kappa shape index (κ1) is 10.6. The Kier molecular flexibility index (Phi) is 6.10. The zero-order valence-corrected chi connectivity index (χ0v) is 8.12. The highest BCUT2D eigenvalue weighted by Crippen LogP contribution is 1.90. The highest BCUT2D eigenvalue weighted by Gasteiger charge is 2.14. The van der Waals surface area contributed by atoms with Crippen LogP contribution in [0.5, 0.6) is 0 Å². The van der Waals surface area contributed by atoms with Gasteiger partial charge in [-0.3, -0.25) is 4.79 Å². The molecule has 0 saturated carbocycles. The Morgan fingerprint density at radius 2 is 2.36 bits per heavy atom. The second-order valence-electron chi connectivity index (χ2n) is 2.36. The van der Waals surface area contributed by atoms with Crippen LogP contribution in [0.3, 0.4) is 0 Å². The van der Waals surface area contributed by atoms with Gasteiger partial charge in [0.15, 0.2) is 0 Å². The highest BCUT2D eigenvalue weighted by molar-refractivity contribution is 6.32. The number of aliphatic hydroxyl groups excluding tert-OH is 1. The summed E-state index contributed by atoms with van der Waals surface area (Å²) in [6, 6.07) is 0.501. The van der Waals surface area contributed by atoms with Gasteiger partial charge < -0.3 is 15.2 Å². The van der Waals surface area contributed by atoms with Crippen LogP contribution < -0.4 is 4.98 Å². The number of rotatable bonds is 6. The summed E-state index contributed by atoms with van der Waals surface area (Å²) < 4.78 is 0. The molecule has 0 bridgehead atoms. The van der Waals surface area contributed by atoms with Crippen LogP contribution in [0.15, 0.2) is 0 Å². The third-order valence-corrected chi connectivity index (χ3v) is 2.64. The number of hydrogen-bond donors (Lipinski definition) is 3. The molecule has 4 nitrogen and oxygen atoms in total. The van der Waals surface area contributed by atoms with Gasteiger partial charge in [-0.1, -0.05) is 13.0 Å². The van der Waals surface area contributed by atoms with Gasteiger partial charge in [-0.2, -0.15) is 0 Å². The van der Waals surface area contributed by atoms with E-state index in [-0.39, 0.29) is 6.61 Å². The number of hydrogen-bond acceptors (Lipinski definition) is 3. The average Bonchev–Trinajstić information content (AvgIpc) is 1.97. The lowest BCUT2D eigenvalue weighted by atomic mass is 10.2. The monoisotopic (exact) mass is 177 g/mol. The Balaban J connectivity index is 3.60. The number of aliphatic hydroxyl groups is 1. The van der Waals surface area contributed by atoms with E-state index in [1.165, 1.54) is 0 Å². The van der Waals surface area contributed by atoms with Crippen LogP contribution in [0.2, 0.25) is 6.04 Å². The Hall–Kier alpha value is -0.393. The molecule has 0 radical (unpaired) electrons. The van der Waals surface area contributed by atoms with Crippen LogP contribution in [0.1, 0.15) is 13.3 Å². The molecule has 11 heavy (non-hydrogen) atoms. The number of nitrogens with one attached hydrogen (secondary N) is 1. The number of carboxylic acid groups (broad SMARTS) is 1. The van der Waals surface area contributed by atoms with Gasteiger partial charge in [-0.15, -0.1) is 0 Å². The van der Waals surface area contributed by atoms with Crippen LogP contribution in [0.4, 0.5) is 0 Å². The fourth-order valence-corrected chi connectivity index (χ4v) is 1.78. The summed E-state index contributed by atoms with van der Waals surface area (Å²) in [4.78, 5) is 13.4. The maximum Gasteiger partial charge on any atom is 0.320 e. The maximum atomic E-state index is 10.4. The summed E-state index contributed by atoms with van der Waals surface area (Å²) in [6.45, 7) is 1.96. The smallest absolute Gasteiger partial charge is 0.320 e. The van der Waals surface area contributed by atoms with E-state index in [1.54, 1.807) is 0 Å². The summed E-state index contributed by atoms with van der Waals surface area (Å²) in [7, 11) is -0.431. The van der Waals surface area contributed by atoms with Gasteiger partial charge in [0.2, 0.25) is 0 Å². The van der Waals surface area contributed by atoms with Crippen molar-refractivity contribution in [2.45, 2.75) is 25.4 Å². The highest BCUT2D eigenvalue weighted by atomic mass is 28.2. The van der Waals surface area contributed by atoms with Crippen molar-refractivity contribution in [2.24, 2.45) is 0 Å². The summed E-state index contributed by atoms with van der Waals surface area (Å²) in [5.74, 6) is -0.861. The summed E-state index contributed by atoms with van der Waals surface area (Å²) >= 11 is 0. The Bertz CT molecular complexity index is 120. The van der Waals surface area contributed by atoms with E-state index in [0.717, 1.165) is 6.04 Å². The molecule has 3 N–H and O–H groups in total. The van der Waals surface area contributed by atoms with Gasteiger partial charge >= 0.3 is 5.97 Å². The largest absolute Gasteiger partial charge is 0.480 e. The van der Waals surface area contributed by atoms with Crippen LogP contribution in [0.25, 0.3) is 0 Å². The van der Waals surface area contributed by atoms with Crippen molar-refractivity contribution < 1.29 is 15.0 Å². The standard InChI is InChI=1S/C6H15NO3Si/c1-2-11-7-5(3-4-8)6(9)10/h5,7-8H,2-4,11H2,1H3,(H,9,10). The fraction of sp³-hybridized carbons (Fsp3) is 0.833. The van der Waals surface area contributed by atoms with Crippen LogP contribution >= 0.6 is 0 Å². The quantitative estimate of drug-likeness (QED) is 0.452. The van der Waals surface area contributed by atoms with Crippen molar-refractivity contribution in [1.82, 2.24) is 4.98 Å². The van der Waals surface area contributed by atoms with E-state index in [4.69, 9.17) is 10.2 Å². The molecule has 0 aliphatic carbocycles. The number of aliphatic carboxylic acids is 1. The topological polar surface area (TPSA) is 69.6 Å². The number of carbonyl (C=O) groups is 1. The molecule has 0 aromatic heterocycles. The van der Waals surface area contributed by atoms with E-state index < -0.39 is 21.7 Å². The molecule has 0 fully saturated rings. The van der Waals surface area contributed by atoms with E-state index in [0.29, 0.717) is 6.42 Å². The second kappa shape index (κ2) is 6.33. The van der Waals surface area contributed by atoms with Gasteiger partial charge in [0.1, 0.15) is 6.04 Å². The van der Waals surface area contributed by atoms with Crippen molar-refractivity contribution in [3.63, 3.8) is 0 Å². The zero-order valence-electron chi connectivity index (χ0n) is 6.71. The van der Waals surface area contributed by atoms with Gasteiger partial charge in [-0.25, -0.2) is 0 Å². The maximum absolute atomic E-state index is 10.4. The van der Waals surface area contributed by atoms with Crippen molar-refractivity contribution in [3.05, 3.63) is 0 Å². The molecule has 0 aromatic carbocycles. The lowest BCUT2D eigenvalue weighted by Crippen LogP contribution is -2.39. The molecule has 0 aromatic rings. The fourth-order valence-electron chi connectivity index (χ4n) is 0.761. The lowest BCUT2D eigenvalue weighted by Gasteiger charge is -2.11. The molecule has 66 valence electrons. The molecular weight excluding hydrogens is 162 g/mol. The molecular formula is C6H15NO3Si. The summed E-state index contributed by atoms with van der Waals surface area (Å²) in [5.41, 5.74) is 0. The Morgan fingerprint density at radius 3 is 2.73 bits per heavy atom. The SMILES string of the molecule is CC[SiH2]NC(CCO)C(=O)O. The minimum absolute atomic E-state index is 0.0674. The molecule has 0 rings (SSSR count). The molecule has 0 heterocycles. The molecule has 0 aliphatic heterocycles. The van der Waals surface area contributed by atoms with Gasteiger partial charge in [0.05, 0.1) is 9.68 Å². The minimum Gasteiger partial charge on any atom is -0.480 e. The summed E-state index contributed by atoms with van der Waals surface area (Å²) in [5, 5.41) is 17.1. The number of carboxylic acids is 1. The predicted molar refractivity (Wildman–Crippen MR) is 45.3 cm³/mol. The van der Waals surface area contributed by atoms with Gasteiger partial charge in [-0.05, 0) is 6.42 Å². The van der Waals surface area contributed by atoms with Crippen LogP contribution in [-0.2, 0) is 4.79 Å². The third-order valence-electron chi connectivity index (χ3n) is 1.36. The first-order valence-corrected chi connectivity index (χ1v) is 5.50. The molecule has 0 spiro atoms. The van der Waals surface area contributed by atoms with Crippen LogP contribution in [-0.4, -0.2) is 38.5 Å². The van der Waals surface area contributed by atoms with E-state index >= 15 is 0 Å². The van der Waals surface area contributed by atoms with Crippen molar-refractivity contribution in [2.75, 3.05) is 6.61 Å². The van der Waals surface area contributed by atoms with E-state index in [1.807, 2.05) is 6.92 Å². The van der Waals surface area contributed by atoms with Crippen molar-refractivity contribution >= 4 is 15.7 Å². The van der Waals surface area contributed by atoms with Crippen LogP contribution in [0, 0.1) is 0 Å². The average molecular weight is 177 g/mol. The lowest BCUT2D eigenvalue weighted by molar-refractivity contribution is -0.139. The normalized spacial score (nSPS) is 14.0. The van der Waals surface area contributed by atoms with Gasteiger partial charge in [0, 0.05) is 6.61 Å². The van der Waals surface area contributed by atoms with E-state index in [9.17, 15) is 4.79 Å². The molecule has 0 aliphatic rings. The molecule has 1 atom stereocenters. The van der Waals surface area contributed by atoms with E-state index in [2.05, 4.69) is 4.98 Å². The van der Waals surface area contributed by atoms with Crippen molar-refractivity contribution in [1.29, 1.82) is 0 Å². The molecule has 5 heteroatoms. The Labute approximate surface area is 68.5 Å². The molecule has 1 unspecified atom stereocenters. The second-order valence-corrected chi connectivity index (χ2v) is 4.27. The molecule has 0 amide bonds. The van der Waals surface area contributed by atoms with Gasteiger partial charge in [0.25, 0.3) is 0 Å². The third kappa shape index (κ3) is 4.94. The molecule has 0 saturated heterocycles. The first-order valence-electron chi connectivity index (χ1n) is 3.79. The Morgan fingerprint density at radius 1 is 1.73 bits per heavy atom. The zero-order chi connectivity index (χ0) is 8.69. The minimum atomic E-state index is -0.861. The first-order chi connectivity index (χ1) is 5.22. The predicted octanol–water partition coefficient (Wildman–Crippen LogP) is -1.07. The summed E-state index contributed by atoms with van der Waals surface area (Å²) in [6.07, 6.45) is 0.308. The van der Waals surface area contributed by atoms with Crippen molar-refractivity contribution in [3.8, 4) is 0 Å².